The van der Waals surface area contributed by atoms with Crippen LogP contribution in [0.1, 0.15) is 10.4 Å². The molecule has 0 amide bonds. The van der Waals surface area contributed by atoms with E-state index in [1.54, 1.807) is 0 Å². The lowest BCUT2D eigenvalue weighted by molar-refractivity contribution is 0.112. The highest BCUT2D eigenvalue weighted by Crippen LogP contribution is 2.37. The molecule has 0 aliphatic rings. The lowest BCUT2D eigenvalue weighted by Crippen LogP contribution is -1.88. The number of rotatable bonds is 2. The van der Waals surface area contributed by atoms with Crippen LogP contribution in [-0.4, -0.2) is 11.3 Å². The van der Waals surface area contributed by atoms with Crippen LogP contribution in [0.25, 0.3) is 0 Å². The van der Waals surface area contributed by atoms with Crippen LogP contribution in [0, 0.1) is 0 Å². The van der Waals surface area contributed by atoms with Crippen molar-refractivity contribution in [1.29, 1.82) is 0 Å². The van der Waals surface area contributed by atoms with Gasteiger partial charge in [0.1, 0.15) is 5.15 Å². The van der Waals surface area contributed by atoms with Crippen LogP contribution in [-0.2, 0) is 0 Å². The van der Waals surface area contributed by atoms with E-state index in [2.05, 4.69) is 4.98 Å². The molecule has 0 spiro atoms. The second kappa shape index (κ2) is 4.64. The molecule has 0 fully saturated rings. The summed E-state index contributed by atoms with van der Waals surface area (Å²) in [5.74, 6) is 0. The Morgan fingerprint density at radius 1 is 1.58 bits per heavy atom. The van der Waals surface area contributed by atoms with Crippen LogP contribution in [0.4, 0.5) is 0 Å². The lowest BCUT2D eigenvalue weighted by Gasteiger charge is -2.02. The number of aromatic nitrogens is 1. The fourth-order valence-electron chi connectivity index (χ4n) is 0.611. The zero-order valence-corrected chi connectivity index (χ0v) is 10.0. The highest BCUT2D eigenvalue weighted by Gasteiger charge is 2.10. The third kappa shape index (κ3) is 2.04. The van der Waals surface area contributed by atoms with Gasteiger partial charge in [-0.3, -0.25) is 4.79 Å². The van der Waals surface area contributed by atoms with Crippen molar-refractivity contribution >= 4 is 59.6 Å². The van der Waals surface area contributed by atoms with Gasteiger partial charge in [0.2, 0.25) is 0 Å². The van der Waals surface area contributed by atoms with E-state index >= 15 is 0 Å². The highest BCUT2D eigenvalue weighted by molar-refractivity contribution is 14.2. The molecule has 0 aromatic carbocycles. The topological polar surface area (TPSA) is 30.0 Å². The molecule has 1 aromatic rings. The quantitative estimate of drug-likeness (QED) is 0.470. The molecular formula is C6H2Cl2INOS. The average molecular weight is 334 g/mol. The summed E-state index contributed by atoms with van der Waals surface area (Å²) in [6.07, 6.45) is 2.01. The predicted octanol–water partition coefficient (Wildman–Crippen LogP) is 3.64. The Bertz CT molecular complexity index is 321. The molecule has 0 atom stereocenters. The SMILES string of the molecule is O=Cc1cnc(Cl)c(SI)c1Cl. The Kier molecular flexibility index (Phi) is 4.09. The summed E-state index contributed by atoms with van der Waals surface area (Å²) in [5.41, 5.74) is 0.361. The molecule has 0 bridgehead atoms. The summed E-state index contributed by atoms with van der Waals surface area (Å²) in [7, 11) is 1.34. The number of hydrogen-bond acceptors (Lipinski definition) is 3. The van der Waals surface area contributed by atoms with E-state index in [9.17, 15) is 4.79 Å². The van der Waals surface area contributed by atoms with E-state index in [1.807, 2.05) is 21.2 Å². The fraction of sp³-hybridized carbons (Fsp3) is 0. The van der Waals surface area contributed by atoms with Gasteiger partial charge in [0, 0.05) is 27.4 Å². The van der Waals surface area contributed by atoms with E-state index in [0.29, 0.717) is 26.9 Å². The minimum absolute atomic E-state index is 0.324. The van der Waals surface area contributed by atoms with Crippen molar-refractivity contribution in [2.24, 2.45) is 0 Å². The number of halogens is 3. The van der Waals surface area contributed by atoms with Gasteiger partial charge in [-0.15, -0.1) is 0 Å². The fourth-order valence-corrected chi connectivity index (χ4v) is 3.59. The molecule has 1 aromatic heterocycles. The molecule has 0 saturated carbocycles. The summed E-state index contributed by atoms with van der Waals surface area (Å²) in [5, 5.41) is 0.689. The molecule has 64 valence electrons. The lowest BCUT2D eigenvalue weighted by atomic mass is 10.3. The first-order valence-corrected chi connectivity index (χ1v) is 6.90. The van der Waals surface area contributed by atoms with Crippen LogP contribution in [0.3, 0.4) is 0 Å². The van der Waals surface area contributed by atoms with E-state index in [0.717, 1.165) is 0 Å². The van der Waals surface area contributed by atoms with Gasteiger partial charge >= 0.3 is 0 Å². The molecule has 12 heavy (non-hydrogen) atoms. The number of nitrogens with zero attached hydrogens (tertiary/aromatic N) is 1. The van der Waals surface area contributed by atoms with Gasteiger partial charge in [0.15, 0.2) is 6.29 Å². The first-order valence-electron chi connectivity index (χ1n) is 2.78. The van der Waals surface area contributed by atoms with Gasteiger partial charge in [-0.1, -0.05) is 23.2 Å². The molecular weight excluding hydrogens is 332 g/mol. The Balaban J connectivity index is 3.33. The summed E-state index contributed by atoms with van der Waals surface area (Å²) in [4.78, 5) is 14.9. The molecule has 1 rings (SSSR count). The Morgan fingerprint density at radius 3 is 2.75 bits per heavy atom. The van der Waals surface area contributed by atoms with Crippen LogP contribution >= 0.6 is 53.3 Å². The summed E-state index contributed by atoms with van der Waals surface area (Å²) in [6, 6.07) is 0. The third-order valence-electron chi connectivity index (χ3n) is 1.16. The maximum atomic E-state index is 10.4. The van der Waals surface area contributed by atoms with Crippen molar-refractivity contribution < 1.29 is 4.79 Å². The largest absolute Gasteiger partial charge is 0.298 e. The molecule has 0 unspecified atom stereocenters. The number of aldehydes is 1. The first-order chi connectivity index (χ1) is 5.70. The third-order valence-corrected chi connectivity index (χ3v) is 3.95. The van der Waals surface area contributed by atoms with Gasteiger partial charge in [-0.25, -0.2) is 4.98 Å². The molecule has 6 heteroatoms. The van der Waals surface area contributed by atoms with Gasteiger partial charge in [0.05, 0.1) is 15.5 Å². The standard InChI is InChI=1S/C6H2Cl2INOS/c7-4-3(2-11)1-10-6(8)5(4)12-9/h1-2H. The number of carbonyl (C=O) groups excluding carboxylic acids is 1. The monoisotopic (exact) mass is 333 g/mol. The van der Waals surface area contributed by atoms with Gasteiger partial charge in [-0.05, 0) is 8.93 Å². The second-order valence-electron chi connectivity index (χ2n) is 1.84. The average Bonchev–Trinajstić information content (AvgIpc) is 2.06. The molecule has 0 aliphatic heterocycles. The summed E-state index contributed by atoms with van der Waals surface area (Å²) < 4.78 is 0. The van der Waals surface area contributed by atoms with Gasteiger partial charge in [-0.2, -0.15) is 0 Å². The predicted molar refractivity (Wildman–Crippen MR) is 59.5 cm³/mol. The maximum Gasteiger partial charge on any atom is 0.153 e. The van der Waals surface area contributed by atoms with Crippen molar-refractivity contribution in [2.75, 3.05) is 0 Å². The van der Waals surface area contributed by atoms with Crippen molar-refractivity contribution in [1.82, 2.24) is 4.98 Å². The van der Waals surface area contributed by atoms with Crippen LogP contribution in [0.15, 0.2) is 11.1 Å². The smallest absolute Gasteiger partial charge is 0.153 e. The highest BCUT2D eigenvalue weighted by atomic mass is 127. The normalized spacial score (nSPS) is 9.92. The zero-order chi connectivity index (χ0) is 9.14. The van der Waals surface area contributed by atoms with Crippen molar-refractivity contribution in [3.63, 3.8) is 0 Å². The summed E-state index contributed by atoms with van der Waals surface area (Å²) in [6.45, 7) is 0. The molecule has 2 nitrogen and oxygen atoms in total. The Labute approximate surface area is 95.6 Å². The minimum atomic E-state index is 0.324. The van der Waals surface area contributed by atoms with Crippen molar-refractivity contribution in [3.8, 4) is 0 Å². The van der Waals surface area contributed by atoms with E-state index in [4.69, 9.17) is 23.2 Å². The number of hydrogen-bond donors (Lipinski definition) is 0. The maximum absolute atomic E-state index is 10.4. The van der Waals surface area contributed by atoms with Gasteiger partial charge < -0.3 is 0 Å². The van der Waals surface area contributed by atoms with E-state index in [-0.39, 0.29) is 0 Å². The number of carbonyl (C=O) groups is 1. The minimum Gasteiger partial charge on any atom is -0.298 e. The molecule has 0 aliphatic carbocycles. The molecule has 0 saturated heterocycles. The number of pyridine rings is 1. The Morgan fingerprint density at radius 2 is 2.25 bits per heavy atom. The van der Waals surface area contributed by atoms with Crippen LogP contribution in [0.2, 0.25) is 10.2 Å². The zero-order valence-electron chi connectivity index (χ0n) is 5.55. The Hall–Kier alpha value is 0.480. The van der Waals surface area contributed by atoms with Crippen LogP contribution < -0.4 is 0 Å². The molecule has 0 N–H and O–H groups in total. The van der Waals surface area contributed by atoms with Crippen LogP contribution in [0.5, 0.6) is 0 Å². The first kappa shape index (κ1) is 10.6. The summed E-state index contributed by atoms with van der Waals surface area (Å²) >= 11 is 13.6. The van der Waals surface area contributed by atoms with Crippen molar-refractivity contribution in [3.05, 3.63) is 21.9 Å². The van der Waals surface area contributed by atoms with E-state index < -0.39 is 0 Å². The second-order valence-corrected chi connectivity index (χ2v) is 4.46. The van der Waals surface area contributed by atoms with E-state index in [1.165, 1.54) is 15.1 Å². The van der Waals surface area contributed by atoms with Gasteiger partial charge in [0.25, 0.3) is 0 Å². The van der Waals surface area contributed by atoms with Crippen molar-refractivity contribution in [2.45, 2.75) is 4.90 Å². The molecule has 0 radical (unpaired) electrons. The molecule has 1 heterocycles.